The molecule has 0 fully saturated rings. The quantitative estimate of drug-likeness (QED) is 0.174. The first kappa shape index (κ1) is 32.0. The fraction of sp³-hybridized carbons (Fsp3) is 0.630. The molecule has 0 radical (unpaired) electrons. The summed E-state index contributed by atoms with van der Waals surface area (Å²) in [4.78, 5) is 47.8. The highest BCUT2D eigenvalue weighted by Gasteiger charge is 2.23. The van der Waals surface area contributed by atoms with E-state index in [-0.39, 0.29) is 31.2 Å². The number of alkyl carbamates (subject to hydrolysis) is 1. The fourth-order valence-electron chi connectivity index (χ4n) is 3.13. The van der Waals surface area contributed by atoms with Crippen LogP contribution in [-0.4, -0.2) is 69.0 Å². The second kappa shape index (κ2) is 18.3. The number of carbonyl (C=O) groups excluding carboxylic acids is 4. The summed E-state index contributed by atoms with van der Waals surface area (Å²) < 4.78 is 26.0. The Labute approximate surface area is 219 Å². The normalized spacial score (nSPS) is 11.9. The number of ether oxygens (including phenoxy) is 5. The van der Waals surface area contributed by atoms with E-state index in [2.05, 4.69) is 5.32 Å². The first-order valence-corrected chi connectivity index (χ1v) is 12.5. The molecule has 37 heavy (non-hydrogen) atoms. The average molecular weight is 524 g/mol. The lowest BCUT2D eigenvalue weighted by molar-refractivity contribution is -0.155. The summed E-state index contributed by atoms with van der Waals surface area (Å²) >= 11 is 0. The van der Waals surface area contributed by atoms with Crippen molar-refractivity contribution in [1.29, 1.82) is 0 Å². The van der Waals surface area contributed by atoms with Crippen LogP contribution < -0.4 is 5.32 Å². The Morgan fingerprint density at radius 3 is 2.08 bits per heavy atom. The Kier molecular flexibility index (Phi) is 15.8. The maximum Gasteiger partial charge on any atom is 0.408 e. The van der Waals surface area contributed by atoms with Crippen LogP contribution in [0.25, 0.3) is 0 Å². The smallest absolute Gasteiger partial charge is 0.408 e. The van der Waals surface area contributed by atoms with E-state index in [0.29, 0.717) is 52.1 Å². The van der Waals surface area contributed by atoms with Crippen LogP contribution in [0.4, 0.5) is 4.79 Å². The second-order valence-corrected chi connectivity index (χ2v) is 9.38. The highest BCUT2D eigenvalue weighted by atomic mass is 16.6. The van der Waals surface area contributed by atoms with E-state index in [1.54, 1.807) is 0 Å². The van der Waals surface area contributed by atoms with Gasteiger partial charge >= 0.3 is 18.0 Å². The van der Waals surface area contributed by atoms with E-state index >= 15 is 0 Å². The summed E-state index contributed by atoms with van der Waals surface area (Å²) in [5.74, 6) is -0.928. The van der Waals surface area contributed by atoms with Crippen molar-refractivity contribution >= 4 is 23.8 Å². The molecule has 0 saturated carbocycles. The summed E-state index contributed by atoms with van der Waals surface area (Å²) in [5, 5.41) is 2.46. The summed E-state index contributed by atoms with van der Waals surface area (Å²) in [5.41, 5.74) is 0.332. The summed E-state index contributed by atoms with van der Waals surface area (Å²) in [7, 11) is 1.22. The molecule has 1 rings (SSSR count). The molecular weight excluding hydrogens is 482 g/mol. The molecule has 208 valence electrons. The predicted octanol–water partition coefficient (Wildman–Crippen LogP) is 3.74. The zero-order valence-corrected chi connectivity index (χ0v) is 22.4. The Morgan fingerprint density at radius 1 is 0.865 bits per heavy atom. The predicted molar refractivity (Wildman–Crippen MR) is 136 cm³/mol. The lowest BCUT2D eigenvalue weighted by atomic mass is 10.1. The molecule has 0 heterocycles. The molecule has 0 aliphatic heterocycles. The molecule has 0 aliphatic rings. The summed E-state index contributed by atoms with van der Waals surface area (Å²) in [6.45, 7) is 7.18. The number of esters is 2. The molecule has 0 spiro atoms. The van der Waals surface area contributed by atoms with Gasteiger partial charge in [-0.15, -0.1) is 0 Å². The molecule has 1 aromatic rings. The average Bonchev–Trinajstić information content (AvgIpc) is 2.85. The van der Waals surface area contributed by atoms with E-state index in [4.69, 9.17) is 23.7 Å². The van der Waals surface area contributed by atoms with Crippen molar-refractivity contribution < 1.29 is 42.9 Å². The van der Waals surface area contributed by atoms with Gasteiger partial charge in [0.05, 0.1) is 20.3 Å². The summed E-state index contributed by atoms with van der Waals surface area (Å²) in [6.07, 6.45) is 1.18. The van der Waals surface area contributed by atoms with Crippen molar-refractivity contribution in [3.8, 4) is 0 Å². The van der Waals surface area contributed by atoms with Gasteiger partial charge < -0.3 is 29.0 Å². The lowest BCUT2D eigenvalue weighted by Crippen LogP contribution is -2.42. The minimum atomic E-state index is -0.971. The Hall–Kier alpha value is -2.98. The fourth-order valence-corrected chi connectivity index (χ4v) is 3.13. The number of benzene rings is 1. The van der Waals surface area contributed by atoms with Crippen molar-refractivity contribution in [2.75, 3.05) is 33.5 Å². The van der Waals surface area contributed by atoms with Gasteiger partial charge in [0, 0.05) is 32.5 Å². The second-order valence-electron chi connectivity index (χ2n) is 9.38. The maximum absolute atomic E-state index is 12.2. The molecular formula is C27H41NO9. The molecule has 1 N–H and O–H groups in total. The first-order valence-electron chi connectivity index (χ1n) is 12.5. The standard InChI is InChI=1S/C27H41NO9/c1-27(2,3)37-24(30)13-9-17-35-19-18-34-16-8-12-22(29)14-15-23(25(31)33-4)28-26(32)36-20-21-10-6-5-7-11-21/h5-7,10-11,23H,8-9,12-20H2,1-4H3,(H,28,32)/t23-/m0/s1. The van der Waals surface area contributed by atoms with Crippen molar-refractivity contribution in [3.63, 3.8) is 0 Å². The van der Waals surface area contributed by atoms with E-state index in [1.807, 2.05) is 51.1 Å². The van der Waals surface area contributed by atoms with Crippen LogP contribution in [0.1, 0.15) is 64.9 Å². The molecule has 1 aromatic carbocycles. The summed E-state index contributed by atoms with van der Waals surface area (Å²) in [6, 6.07) is 8.17. The van der Waals surface area contributed by atoms with Gasteiger partial charge in [-0.2, -0.15) is 0 Å². The van der Waals surface area contributed by atoms with E-state index in [9.17, 15) is 19.2 Å². The number of rotatable bonds is 18. The Balaban J connectivity index is 2.12. The van der Waals surface area contributed by atoms with Gasteiger partial charge in [0.1, 0.15) is 24.0 Å². The number of amides is 1. The van der Waals surface area contributed by atoms with Crippen molar-refractivity contribution in [2.24, 2.45) is 0 Å². The SMILES string of the molecule is COC(=O)[C@H](CCC(=O)CCCOCCOCCCC(=O)OC(C)(C)C)NC(=O)OCc1ccccc1. The van der Waals surface area contributed by atoms with Crippen LogP contribution in [-0.2, 0) is 44.7 Å². The van der Waals surface area contributed by atoms with E-state index in [0.717, 1.165) is 5.56 Å². The van der Waals surface area contributed by atoms with Gasteiger partial charge in [-0.1, -0.05) is 30.3 Å². The number of carbonyl (C=O) groups is 4. The Bertz CT molecular complexity index is 821. The van der Waals surface area contributed by atoms with Gasteiger partial charge in [-0.25, -0.2) is 9.59 Å². The van der Waals surface area contributed by atoms with Gasteiger partial charge in [-0.05, 0) is 45.6 Å². The zero-order chi connectivity index (χ0) is 27.5. The largest absolute Gasteiger partial charge is 0.467 e. The molecule has 0 unspecified atom stereocenters. The van der Waals surface area contributed by atoms with Gasteiger partial charge in [0.25, 0.3) is 0 Å². The third-order valence-electron chi connectivity index (χ3n) is 4.91. The molecule has 1 atom stereocenters. The monoisotopic (exact) mass is 523 g/mol. The van der Waals surface area contributed by atoms with Gasteiger partial charge in [0.15, 0.2) is 0 Å². The minimum absolute atomic E-state index is 0.0460. The molecule has 0 bridgehead atoms. The number of ketones is 1. The number of hydrogen-bond donors (Lipinski definition) is 1. The zero-order valence-electron chi connectivity index (χ0n) is 22.4. The van der Waals surface area contributed by atoms with Crippen LogP contribution in [0.2, 0.25) is 0 Å². The number of methoxy groups -OCH3 is 1. The van der Waals surface area contributed by atoms with E-state index in [1.165, 1.54) is 7.11 Å². The van der Waals surface area contributed by atoms with Crippen molar-refractivity contribution in [2.45, 2.75) is 77.5 Å². The number of nitrogens with one attached hydrogen (secondary N) is 1. The highest BCUT2D eigenvalue weighted by Crippen LogP contribution is 2.09. The molecule has 0 aliphatic carbocycles. The topological polar surface area (TPSA) is 126 Å². The van der Waals surface area contributed by atoms with Crippen LogP contribution in [0.15, 0.2) is 30.3 Å². The number of hydrogen-bond acceptors (Lipinski definition) is 9. The minimum Gasteiger partial charge on any atom is -0.467 e. The molecule has 0 aromatic heterocycles. The first-order chi connectivity index (χ1) is 17.6. The van der Waals surface area contributed by atoms with Crippen LogP contribution >= 0.6 is 0 Å². The Morgan fingerprint density at radius 2 is 1.49 bits per heavy atom. The number of Topliss-reactive ketones (excluding diaryl/α,β-unsaturated/α-hetero) is 1. The lowest BCUT2D eigenvalue weighted by Gasteiger charge is -2.19. The molecule has 1 amide bonds. The molecule has 10 nitrogen and oxygen atoms in total. The van der Waals surface area contributed by atoms with Gasteiger partial charge in [0.2, 0.25) is 0 Å². The molecule has 10 heteroatoms. The van der Waals surface area contributed by atoms with E-state index < -0.39 is 23.7 Å². The van der Waals surface area contributed by atoms with Crippen molar-refractivity contribution in [3.05, 3.63) is 35.9 Å². The van der Waals surface area contributed by atoms with Crippen LogP contribution in [0.3, 0.4) is 0 Å². The van der Waals surface area contributed by atoms with Crippen molar-refractivity contribution in [1.82, 2.24) is 5.32 Å². The molecule has 0 saturated heterocycles. The third-order valence-corrected chi connectivity index (χ3v) is 4.91. The third kappa shape index (κ3) is 17.2. The van der Waals surface area contributed by atoms with Crippen LogP contribution in [0.5, 0.6) is 0 Å². The van der Waals surface area contributed by atoms with Gasteiger partial charge in [-0.3, -0.25) is 9.59 Å². The maximum atomic E-state index is 12.2. The highest BCUT2D eigenvalue weighted by molar-refractivity contribution is 5.83. The van der Waals surface area contributed by atoms with Crippen LogP contribution in [0, 0.1) is 0 Å².